The maximum absolute atomic E-state index is 12.2. The fourth-order valence-corrected chi connectivity index (χ4v) is 3.68. The van der Waals surface area contributed by atoms with Gasteiger partial charge >= 0.3 is 5.97 Å². The lowest BCUT2D eigenvalue weighted by Gasteiger charge is -2.24. The smallest absolute Gasteiger partial charge is 0.338 e. The second kappa shape index (κ2) is 6.66. The molecule has 7 nitrogen and oxygen atoms in total. The van der Waals surface area contributed by atoms with E-state index in [9.17, 15) is 4.79 Å². The van der Waals surface area contributed by atoms with Crippen molar-refractivity contribution >= 4 is 17.3 Å². The van der Waals surface area contributed by atoms with Crippen LogP contribution in [0.3, 0.4) is 0 Å². The van der Waals surface area contributed by atoms with Crippen LogP contribution in [0.15, 0.2) is 48.8 Å². The van der Waals surface area contributed by atoms with Gasteiger partial charge in [-0.3, -0.25) is 0 Å². The van der Waals surface area contributed by atoms with E-state index in [1.165, 1.54) is 6.33 Å². The highest BCUT2D eigenvalue weighted by atomic mass is 16.6. The number of carbonyl (C=O) groups excluding carboxylic acids is 1. The van der Waals surface area contributed by atoms with Crippen molar-refractivity contribution in [3.63, 3.8) is 0 Å². The molecule has 1 aliphatic heterocycles. The molecule has 1 aromatic carbocycles. The average Bonchev–Trinajstić information content (AvgIpc) is 3.21. The third-order valence-electron chi connectivity index (χ3n) is 4.98. The minimum Gasteiger partial charge on any atom is -0.459 e. The molecule has 0 aliphatic carbocycles. The number of benzene rings is 1. The third-order valence-corrected chi connectivity index (χ3v) is 4.98. The van der Waals surface area contributed by atoms with Crippen molar-refractivity contribution in [3.8, 4) is 0 Å². The molecule has 4 rings (SSSR count). The SMILES string of the molecule is CC1(C)C[C@@H](COC(=O)c2ccccc2)OC1c1ccc2c(N)ncnn12. The first-order valence-corrected chi connectivity index (χ1v) is 8.91. The Morgan fingerprint density at radius 1 is 1.30 bits per heavy atom. The van der Waals surface area contributed by atoms with Crippen LogP contribution in [0.25, 0.3) is 5.52 Å². The van der Waals surface area contributed by atoms with Gasteiger partial charge in [0.2, 0.25) is 0 Å². The summed E-state index contributed by atoms with van der Waals surface area (Å²) in [5, 5.41) is 4.31. The molecule has 140 valence electrons. The molecule has 1 fully saturated rings. The van der Waals surface area contributed by atoms with Crippen LogP contribution < -0.4 is 5.73 Å². The van der Waals surface area contributed by atoms with Crippen molar-refractivity contribution in [1.82, 2.24) is 14.6 Å². The largest absolute Gasteiger partial charge is 0.459 e. The molecule has 3 aromatic rings. The van der Waals surface area contributed by atoms with Gasteiger partial charge in [0.25, 0.3) is 0 Å². The Bertz CT molecular complexity index is 968. The third kappa shape index (κ3) is 3.26. The van der Waals surface area contributed by atoms with Gasteiger partial charge in [0.05, 0.1) is 17.4 Å². The molecule has 0 bridgehead atoms. The van der Waals surface area contributed by atoms with Crippen molar-refractivity contribution in [1.29, 1.82) is 0 Å². The van der Waals surface area contributed by atoms with Crippen molar-refractivity contribution in [2.75, 3.05) is 12.3 Å². The van der Waals surface area contributed by atoms with Gasteiger partial charge in [0, 0.05) is 0 Å². The molecule has 0 amide bonds. The number of nitrogens with zero attached hydrogens (tertiary/aromatic N) is 3. The molecular formula is C20H22N4O3. The lowest BCUT2D eigenvalue weighted by atomic mass is 9.83. The van der Waals surface area contributed by atoms with E-state index in [1.54, 1.807) is 16.6 Å². The van der Waals surface area contributed by atoms with Gasteiger partial charge in [0.1, 0.15) is 24.6 Å². The van der Waals surface area contributed by atoms with Crippen LogP contribution in [-0.4, -0.2) is 33.3 Å². The van der Waals surface area contributed by atoms with Crippen LogP contribution in [0.2, 0.25) is 0 Å². The second-order valence-corrected chi connectivity index (χ2v) is 7.50. The van der Waals surface area contributed by atoms with Crippen molar-refractivity contribution in [2.45, 2.75) is 32.5 Å². The maximum Gasteiger partial charge on any atom is 0.338 e. The monoisotopic (exact) mass is 366 g/mol. The van der Waals surface area contributed by atoms with Crippen LogP contribution in [0.4, 0.5) is 5.82 Å². The molecule has 0 radical (unpaired) electrons. The van der Waals surface area contributed by atoms with Crippen molar-refractivity contribution in [3.05, 3.63) is 60.0 Å². The fourth-order valence-electron chi connectivity index (χ4n) is 3.68. The first kappa shape index (κ1) is 17.5. The van der Waals surface area contributed by atoms with E-state index in [1.807, 2.05) is 30.3 Å². The number of carbonyl (C=O) groups is 1. The Hall–Kier alpha value is -2.93. The van der Waals surface area contributed by atoms with E-state index in [4.69, 9.17) is 15.2 Å². The molecular weight excluding hydrogens is 344 g/mol. The molecule has 1 aliphatic rings. The number of anilines is 1. The molecule has 3 heterocycles. The normalized spacial score (nSPS) is 21.4. The molecule has 2 aromatic heterocycles. The Morgan fingerprint density at radius 3 is 2.85 bits per heavy atom. The molecule has 0 saturated carbocycles. The fraction of sp³-hybridized carbons (Fsp3) is 0.350. The summed E-state index contributed by atoms with van der Waals surface area (Å²) in [7, 11) is 0. The highest BCUT2D eigenvalue weighted by molar-refractivity contribution is 5.89. The predicted molar refractivity (Wildman–Crippen MR) is 100 cm³/mol. The first-order chi connectivity index (χ1) is 13.0. The van der Waals surface area contributed by atoms with E-state index in [2.05, 4.69) is 23.9 Å². The maximum atomic E-state index is 12.2. The van der Waals surface area contributed by atoms with Gasteiger partial charge in [-0.2, -0.15) is 5.10 Å². The van der Waals surface area contributed by atoms with E-state index in [-0.39, 0.29) is 30.2 Å². The minimum absolute atomic E-state index is 0.141. The van der Waals surface area contributed by atoms with Gasteiger partial charge in [-0.1, -0.05) is 32.0 Å². The minimum atomic E-state index is -0.339. The number of fused-ring (bicyclic) bond motifs is 1. The van der Waals surface area contributed by atoms with Gasteiger partial charge in [-0.15, -0.1) is 0 Å². The number of esters is 1. The molecule has 0 spiro atoms. The number of nitrogen functional groups attached to an aromatic ring is 1. The lowest BCUT2D eigenvalue weighted by Crippen LogP contribution is -2.19. The molecule has 1 unspecified atom stereocenters. The topological polar surface area (TPSA) is 91.7 Å². The molecule has 1 saturated heterocycles. The van der Waals surface area contributed by atoms with Crippen molar-refractivity contribution in [2.24, 2.45) is 5.41 Å². The molecule has 27 heavy (non-hydrogen) atoms. The Kier molecular flexibility index (Phi) is 4.31. The van der Waals surface area contributed by atoms with E-state index < -0.39 is 0 Å². The summed E-state index contributed by atoms with van der Waals surface area (Å²) in [6, 6.07) is 12.8. The number of hydrogen-bond donors (Lipinski definition) is 1. The van der Waals surface area contributed by atoms with E-state index >= 15 is 0 Å². The number of aromatic nitrogens is 3. The first-order valence-electron chi connectivity index (χ1n) is 8.91. The quantitative estimate of drug-likeness (QED) is 0.714. The van der Waals surface area contributed by atoms with Gasteiger partial charge in [-0.25, -0.2) is 14.3 Å². The highest BCUT2D eigenvalue weighted by Gasteiger charge is 2.44. The Balaban J connectivity index is 1.49. The van der Waals surface area contributed by atoms with Crippen LogP contribution in [0, 0.1) is 5.41 Å². The Labute approximate surface area is 157 Å². The van der Waals surface area contributed by atoms with E-state index in [0.717, 1.165) is 17.6 Å². The summed E-state index contributed by atoms with van der Waals surface area (Å²) in [5.74, 6) is 0.0921. The van der Waals surface area contributed by atoms with Crippen LogP contribution >= 0.6 is 0 Å². The zero-order chi connectivity index (χ0) is 19.0. The standard InChI is InChI=1S/C20H22N4O3/c1-20(2)10-14(11-26-19(25)13-6-4-3-5-7-13)27-17(20)15-8-9-16-18(21)22-12-23-24(15)16/h3-9,12,14,17H,10-11H2,1-2H3,(H2,21,22,23)/t14-,17?/m0/s1. The molecule has 2 N–H and O–H groups in total. The zero-order valence-corrected chi connectivity index (χ0v) is 15.3. The zero-order valence-electron chi connectivity index (χ0n) is 15.3. The van der Waals surface area contributed by atoms with Crippen LogP contribution in [0.5, 0.6) is 0 Å². The summed E-state index contributed by atoms with van der Waals surface area (Å²) in [6.07, 6.45) is 1.84. The summed E-state index contributed by atoms with van der Waals surface area (Å²) in [4.78, 5) is 16.2. The number of hydrogen-bond acceptors (Lipinski definition) is 6. The number of ether oxygens (including phenoxy) is 2. The van der Waals surface area contributed by atoms with Crippen LogP contribution in [0.1, 0.15) is 42.4 Å². The van der Waals surface area contributed by atoms with Crippen molar-refractivity contribution < 1.29 is 14.3 Å². The summed E-state index contributed by atoms with van der Waals surface area (Å²) >= 11 is 0. The number of nitrogens with two attached hydrogens (primary N) is 1. The molecule has 2 atom stereocenters. The predicted octanol–water partition coefficient (Wildman–Crippen LogP) is 3.02. The number of rotatable bonds is 4. The van der Waals surface area contributed by atoms with Gasteiger partial charge < -0.3 is 15.2 Å². The highest BCUT2D eigenvalue weighted by Crippen LogP contribution is 2.47. The lowest BCUT2D eigenvalue weighted by molar-refractivity contribution is -0.0204. The summed E-state index contributed by atoms with van der Waals surface area (Å²) in [6.45, 7) is 4.50. The van der Waals surface area contributed by atoms with Gasteiger partial charge in [-0.05, 0) is 36.1 Å². The van der Waals surface area contributed by atoms with Gasteiger partial charge in [0.15, 0.2) is 5.82 Å². The summed E-state index contributed by atoms with van der Waals surface area (Å²) in [5.41, 5.74) is 8.00. The molecule has 7 heteroatoms. The van der Waals surface area contributed by atoms with E-state index in [0.29, 0.717) is 11.4 Å². The van der Waals surface area contributed by atoms with Crippen LogP contribution in [-0.2, 0) is 9.47 Å². The average molecular weight is 366 g/mol. The Morgan fingerprint density at radius 2 is 2.07 bits per heavy atom. The summed E-state index contributed by atoms with van der Waals surface area (Å²) < 4.78 is 13.5. The second-order valence-electron chi connectivity index (χ2n) is 7.50.